The van der Waals surface area contributed by atoms with Gasteiger partial charge in [-0.05, 0) is 62.2 Å². The summed E-state index contributed by atoms with van der Waals surface area (Å²) in [4.78, 5) is 35.6. The molecule has 2 heterocycles. The van der Waals surface area contributed by atoms with Gasteiger partial charge in [-0.2, -0.15) is 0 Å². The van der Waals surface area contributed by atoms with Crippen molar-refractivity contribution in [3.63, 3.8) is 0 Å². The molecule has 3 aromatic rings. The largest absolute Gasteiger partial charge is 0.457 e. The molecule has 1 N–H and O–H groups in total. The Bertz CT molecular complexity index is 1050. The molecule has 1 amide bonds. The highest BCUT2D eigenvalue weighted by Crippen LogP contribution is 2.24. The maximum absolute atomic E-state index is 12.6. The number of rotatable bonds is 7. The first-order chi connectivity index (χ1) is 16.1. The van der Waals surface area contributed by atoms with Crippen molar-refractivity contribution in [1.29, 1.82) is 0 Å². The first kappa shape index (κ1) is 22.3. The number of para-hydroxylation sites is 1. The fourth-order valence-electron chi connectivity index (χ4n) is 3.57. The Morgan fingerprint density at radius 3 is 2.24 bits per heavy atom. The number of esters is 1. The van der Waals surface area contributed by atoms with E-state index in [1.807, 2.05) is 35.2 Å². The predicted molar refractivity (Wildman–Crippen MR) is 124 cm³/mol. The first-order valence-electron chi connectivity index (χ1n) is 10.9. The molecule has 4 rings (SSSR count). The molecule has 1 aliphatic heterocycles. The van der Waals surface area contributed by atoms with Gasteiger partial charge in [-0.25, -0.2) is 9.97 Å². The fourth-order valence-corrected chi connectivity index (χ4v) is 3.57. The number of benzene rings is 2. The van der Waals surface area contributed by atoms with E-state index in [1.54, 1.807) is 49.6 Å². The van der Waals surface area contributed by atoms with Crippen LogP contribution in [0, 0.1) is 5.92 Å². The molecule has 1 aromatic heterocycles. The summed E-state index contributed by atoms with van der Waals surface area (Å²) in [5.41, 5.74) is 0.597. The van der Waals surface area contributed by atoms with Crippen LogP contribution in [0.15, 0.2) is 73.1 Å². The van der Waals surface area contributed by atoms with Gasteiger partial charge < -0.3 is 19.7 Å². The predicted octanol–water partition coefficient (Wildman–Crippen LogP) is 4.06. The van der Waals surface area contributed by atoms with E-state index in [2.05, 4.69) is 15.3 Å². The fraction of sp³-hybridized carbons (Fsp3) is 0.280. The minimum absolute atomic E-state index is 0.241. The maximum Gasteiger partial charge on any atom is 0.309 e. The second kappa shape index (κ2) is 10.6. The van der Waals surface area contributed by atoms with Crippen LogP contribution in [0.4, 0.5) is 11.6 Å². The number of nitrogens with zero attached hydrogens (tertiary/aromatic N) is 3. The van der Waals surface area contributed by atoms with Crippen molar-refractivity contribution in [3.05, 3.63) is 73.1 Å². The van der Waals surface area contributed by atoms with Crippen LogP contribution in [0.1, 0.15) is 19.8 Å². The van der Waals surface area contributed by atoms with Crippen LogP contribution < -0.4 is 15.0 Å². The van der Waals surface area contributed by atoms with Crippen molar-refractivity contribution in [2.45, 2.75) is 25.9 Å². The molecule has 8 nitrogen and oxygen atoms in total. The second-order valence-electron chi connectivity index (χ2n) is 7.82. The maximum atomic E-state index is 12.6. The van der Waals surface area contributed by atoms with E-state index in [9.17, 15) is 9.59 Å². The SMILES string of the molecule is CC(OC(=O)C1CCN(c2ncccn2)CC1)C(=O)Nc1ccc(Oc2ccccc2)cc1. The topological polar surface area (TPSA) is 93.7 Å². The average molecular weight is 447 g/mol. The molecule has 1 fully saturated rings. The summed E-state index contributed by atoms with van der Waals surface area (Å²) in [6.07, 6.45) is 3.77. The summed E-state index contributed by atoms with van der Waals surface area (Å²) in [6, 6.07) is 18.2. The Morgan fingerprint density at radius 1 is 0.939 bits per heavy atom. The number of amides is 1. The van der Waals surface area contributed by atoms with E-state index in [4.69, 9.17) is 9.47 Å². The summed E-state index contributed by atoms with van der Waals surface area (Å²) in [6.45, 7) is 2.91. The molecule has 1 saturated heterocycles. The monoisotopic (exact) mass is 446 g/mol. The Balaban J connectivity index is 1.23. The van der Waals surface area contributed by atoms with Crippen molar-refractivity contribution in [3.8, 4) is 11.5 Å². The lowest BCUT2D eigenvalue weighted by atomic mass is 9.97. The summed E-state index contributed by atoms with van der Waals surface area (Å²) in [7, 11) is 0. The standard InChI is InChI=1S/C25H26N4O4/c1-18(32-24(31)19-12-16-29(17-13-19)25-26-14-5-15-27-25)23(30)28-20-8-10-22(11-9-20)33-21-6-3-2-4-7-21/h2-11,14-15,18-19H,12-13,16-17H2,1H3,(H,28,30). The summed E-state index contributed by atoms with van der Waals surface area (Å²) in [5, 5.41) is 2.77. The lowest BCUT2D eigenvalue weighted by molar-refractivity contribution is -0.157. The van der Waals surface area contributed by atoms with Crippen molar-refractivity contribution in [1.82, 2.24) is 9.97 Å². The summed E-state index contributed by atoms with van der Waals surface area (Å²) >= 11 is 0. The number of carbonyl (C=O) groups is 2. The molecule has 0 bridgehead atoms. The normalized spacial score (nSPS) is 14.9. The zero-order chi connectivity index (χ0) is 23.0. The van der Waals surface area contributed by atoms with Gasteiger partial charge in [0.2, 0.25) is 5.95 Å². The van der Waals surface area contributed by atoms with E-state index < -0.39 is 6.10 Å². The van der Waals surface area contributed by atoms with E-state index in [0.717, 1.165) is 5.75 Å². The average Bonchev–Trinajstić information content (AvgIpc) is 2.86. The Labute approximate surface area is 192 Å². The molecule has 1 atom stereocenters. The highest BCUT2D eigenvalue weighted by Gasteiger charge is 2.29. The van der Waals surface area contributed by atoms with E-state index in [0.29, 0.717) is 43.3 Å². The van der Waals surface area contributed by atoms with Crippen LogP contribution >= 0.6 is 0 Å². The van der Waals surface area contributed by atoms with Gasteiger partial charge >= 0.3 is 5.97 Å². The summed E-state index contributed by atoms with van der Waals surface area (Å²) in [5.74, 6) is 1.09. The molecule has 0 radical (unpaired) electrons. The first-order valence-corrected chi connectivity index (χ1v) is 10.9. The van der Waals surface area contributed by atoms with Crippen LogP contribution in [0.25, 0.3) is 0 Å². The minimum Gasteiger partial charge on any atom is -0.457 e. The molecule has 0 saturated carbocycles. The highest BCUT2D eigenvalue weighted by atomic mass is 16.5. The van der Waals surface area contributed by atoms with Crippen LogP contribution in [-0.2, 0) is 14.3 Å². The lowest BCUT2D eigenvalue weighted by Crippen LogP contribution is -2.39. The smallest absolute Gasteiger partial charge is 0.309 e. The third-order valence-electron chi connectivity index (χ3n) is 5.43. The second-order valence-corrected chi connectivity index (χ2v) is 7.82. The van der Waals surface area contributed by atoms with Crippen LogP contribution in [0.5, 0.6) is 11.5 Å². The van der Waals surface area contributed by atoms with Crippen LogP contribution in [-0.4, -0.2) is 41.0 Å². The van der Waals surface area contributed by atoms with Gasteiger partial charge in [-0.15, -0.1) is 0 Å². The Morgan fingerprint density at radius 2 is 1.58 bits per heavy atom. The number of piperidine rings is 1. The quantitative estimate of drug-likeness (QED) is 0.547. The van der Waals surface area contributed by atoms with Gasteiger partial charge in [0.25, 0.3) is 5.91 Å². The van der Waals surface area contributed by atoms with Crippen LogP contribution in [0.2, 0.25) is 0 Å². The molecule has 1 aliphatic rings. The number of carbonyl (C=O) groups excluding carboxylic acids is 2. The molecule has 8 heteroatoms. The molecule has 0 aliphatic carbocycles. The zero-order valence-corrected chi connectivity index (χ0v) is 18.4. The van der Waals surface area contributed by atoms with Gasteiger partial charge in [0.15, 0.2) is 6.10 Å². The Hall–Kier alpha value is -3.94. The molecule has 1 unspecified atom stereocenters. The molecular formula is C25H26N4O4. The molecule has 0 spiro atoms. The van der Waals surface area contributed by atoms with E-state index >= 15 is 0 Å². The van der Waals surface area contributed by atoms with Gasteiger partial charge in [0.05, 0.1) is 5.92 Å². The van der Waals surface area contributed by atoms with Crippen molar-refractivity contribution >= 4 is 23.5 Å². The van der Waals surface area contributed by atoms with Crippen molar-refractivity contribution in [2.24, 2.45) is 5.92 Å². The minimum atomic E-state index is -0.895. The Kier molecular flexibility index (Phi) is 7.14. The van der Waals surface area contributed by atoms with Gasteiger partial charge in [0.1, 0.15) is 11.5 Å². The molecular weight excluding hydrogens is 420 g/mol. The number of hydrogen-bond acceptors (Lipinski definition) is 7. The third-order valence-corrected chi connectivity index (χ3v) is 5.43. The molecule has 170 valence electrons. The van der Waals surface area contributed by atoms with Crippen LogP contribution in [0.3, 0.4) is 0 Å². The van der Waals surface area contributed by atoms with Gasteiger partial charge in [-0.3, -0.25) is 9.59 Å². The van der Waals surface area contributed by atoms with Gasteiger partial charge in [-0.1, -0.05) is 18.2 Å². The van der Waals surface area contributed by atoms with E-state index in [-0.39, 0.29) is 17.8 Å². The van der Waals surface area contributed by atoms with Gasteiger partial charge in [0, 0.05) is 31.2 Å². The van der Waals surface area contributed by atoms with Crippen molar-refractivity contribution < 1.29 is 19.1 Å². The third kappa shape index (κ3) is 6.06. The highest BCUT2D eigenvalue weighted by molar-refractivity contribution is 5.95. The van der Waals surface area contributed by atoms with E-state index in [1.165, 1.54) is 0 Å². The number of nitrogens with one attached hydrogen (secondary N) is 1. The number of ether oxygens (including phenoxy) is 2. The number of aromatic nitrogens is 2. The lowest BCUT2D eigenvalue weighted by Gasteiger charge is -2.31. The number of hydrogen-bond donors (Lipinski definition) is 1. The summed E-state index contributed by atoms with van der Waals surface area (Å²) < 4.78 is 11.2. The molecule has 33 heavy (non-hydrogen) atoms. The number of anilines is 2. The molecule has 2 aromatic carbocycles. The zero-order valence-electron chi connectivity index (χ0n) is 18.4. The van der Waals surface area contributed by atoms with Crippen molar-refractivity contribution in [2.75, 3.05) is 23.3 Å².